The number of nitrogens with one attached hydrogen (secondary N) is 1. The van der Waals surface area contributed by atoms with Crippen molar-refractivity contribution in [3.05, 3.63) is 35.0 Å². The molecule has 0 bridgehead atoms. The van der Waals surface area contributed by atoms with Crippen molar-refractivity contribution in [2.75, 3.05) is 18.5 Å². The van der Waals surface area contributed by atoms with E-state index in [-0.39, 0.29) is 17.8 Å². The van der Waals surface area contributed by atoms with Gasteiger partial charge in [0.1, 0.15) is 5.82 Å². The Balaban J connectivity index is 1.92. The van der Waals surface area contributed by atoms with Crippen molar-refractivity contribution in [1.82, 2.24) is 15.0 Å². The first-order valence-corrected chi connectivity index (χ1v) is 9.80. The first-order chi connectivity index (χ1) is 11.7. The average Bonchev–Trinajstić information content (AvgIpc) is 2.49. The van der Waals surface area contributed by atoms with Gasteiger partial charge in [-0.3, -0.25) is 8.74 Å². The van der Waals surface area contributed by atoms with Crippen molar-refractivity contribution in [3.8, 4) is 0 Å². The molecule has 13 heteroatoms. The van der Waals surface area contributed by atoms with E-state index >= 15 is 0 Å². The third-order valence-electron chi connectivity index (χ3n) is 2.77. The monoisotopic (exact) mass is 410 g/mol. The summed E-state index contributed by atoms with van der Waals surface area (Å²) in [5.74, 6) is 0.701. The molecule has 0 spiro atoms. The van der Waals surface area contributed by atoms with Crippen LogP contribution < -0.4 is 5.32 Å². The van der Waals surface area contributed by atoms with Crippen LogP contribution >= 0.6 is 11.6 Å². The second-order valence-electron chi connectivity index (χ2n) is 4.73. The molecule has 25 heavy (non-hydrogen) atoms. The zero-order valence-corrected chi connectivity index (χ0v) is 15.3. The van der Waals surface area contributed by atoms with Crippen molar-refractivity contribution >= 4 is 39.0 Å². The van der Waals surface area contributed by atoms with E-state index in [4.69, 9.17) is 20.3 Å². The summed E-state index contributed by atoms with van der Waals surface area (Å²) in [7, 11) is -4.54. The normalized spacial score (nSPS) is 18.7. The summed E-state index contributed by atoms with van der Waals surface area (Å²) in [6.45, 7) is 0.972. The second kappa shape index (κ2) is 8.78. The van der Waals surface area contributed by atoms with Gasteiger partial charge in [-0.1, -0.05) is 6.08 Å². The Hall–Kier alpha value is -1.44. The lowest BCUT2D eigenvalue weighted by Gasteiger charge is -2.16. The van der Waals surface area contributed by atoms with Gasteiger partial charge in [0.25, 0.3) is 0 Å². The van der Waals surface area contributed by atoms with Crippen molar-refractivity contribution in [2.24, 2.45) is 0 Å². The lowest BCUT2D eigenvalue weighted by Crippen LogP contribution is -2.20. The van der Waals surface area contributed by atoms with Crippen LogP contribution in [0.1, 0.15) is 12.2 Å². The number of anilines is 1. The zero-order chi connectivity index (χ0) is 18.4. The highest BCUT2D eigenvalue weighted by atomic mass is 35.5. The molecule has 2 rings (SSSR count). The van der Waals surface area contributed by atoms with Crippen LogP contribution in [-0.4, -0.2) is 50.6 Å². The quantitative estimate of drug-likeness (QED) is 0.470. The van der Waals surface area contributed by atoms with E-state index < -0.39 is 33.3 Å². The first-order valence-electron chi connectivity index (χ1n) is 6.92. The van der Waals surface area contributed by atoms with E-state index in [0.29, 0.717) is 17.9 Å². The molecule has 1 aliphatic carbocycles. The van der Waals surface area contributed by atoms with Crippen LogP contribution in [-0.2, 0) is 29.8 Å². The van der Waals surface area contributed by atoms with Gasteiger partial charge in [-0.25, -0.2) is 13.4 Å². The van der Waals surface area contributed by atoms with Crippen LogP contribution in [0.4, 0.5) is 5.95 Å². The Bertz CT molecular complexity index is 794. The second-order valence-corrected chi connectivity index (χ2v) is 7.52. The smallest absolute Gasteiger partial charge is 0.324 e. The molecule has 2 atom stereocenters. The number of hydrogen-bond acceptors (Lipinski definition) is 9. The Kier molecular flexibility index (Phi) is 6.98. The molecule has 1 heterocycles. The maximum atomic E-state index is 12.1. The Labute approximate surface area is 151 Å². The number of rotatable bonds is 8. The van der Waals surface area contributed by atoms with Gasteiger partial charge in [0.05, 0.1) is 18.5 Å². The highest BCUT2D eigenvalue weighted by Crippen LogP contribution is 2.18. The van der Waals surface area contributed by atoms with Gasteiger partial charge in [0.2, 0.25) is 11.2 Å². The molecule has 2 N–H and O–H groups in total. The standard InChI is InChI=1S/C12H15ClN4O6S2/c1-8-14-11(13)17-12(15-8)16-9-3-2-4-10(7-9)24(18)22-5-6-23-25(19,20)21/h2-3,7,10H,4-6H2,1H3,(H,19,20,21)(H,14,15,16,17). The number of aryl methyl sites for hydroxylation is 1. The van der Waals surface area contributed by atoms with Crippen LogP contribution in [0.15, 0.2) is 23.9 Å². The van der Waals surface area contributed by atoms with E-state index in [0.717, 1.165) is 0 Å². The fraction of sp³-hybridized carbons (Fsp3) is 0.417. The number of allylic oxidation sites excluding steroid dienone is 2. The summed E-state index contributed by atoms with van der Waals surface area (Å²) in [5.41, 5.74) is 0.601. The van der Waals surface area contributed by atoms with Gasteiger partial charge in [0, 0.05) is 5.70 Å². The van der Waals surface area contributed by atoms with Gasteiger partial charge in [-0.2, -0.15) is 18.4 Å². The SMILES string of the molecule is Cc1nc(Cl)nc(NC2=CC(S(=O)OCCOS(=O)(=O)O)CC=C2)n1. The summed E-state index contributed by atoms with van der Waals surface area (Å²) in [6, 6.07) is 0. The maximum Gasteiger partial charge on any atom is 0.397 e. The van der Waals surface area contributed by atoms with Crippen LogP contribution in [0.5, 0.6) is 0 Å². The molecule has 0 aromatic carbocycles. The van der Waals surface area contributed by atoms with Gasteiger partial charge < -0.3 is 5.32 Å². The number of nitrogens with zero attached hydrogens (tertiary/aromatic N) is 3. The molecule has 0 saturated heterocycles. The van der Waals surface area contributed by atoms with Crippen LogP contribution in [0.25, 0.3) is 0 Å². The number of aromatic nitrogens is 3. The van der Waals surface area contributed by atoms with Crippen molar-refractivity contribution in [2.45, 2.75) is 18.6 Å². The molecule has 0 saturated carbocycles. The van der Waals surface area contributed by atoms with E-state index in [1.807, 2.05) is 0 Å². The molecule has 1 aliphatic rings. The first kappa shape index (κ1) is 19.9. The minimum Gasteiger partial charge on any atom is -0.324 e. The number of hydrogen-bond donors (Lipinski definition) is 2. The highest BCUT2D eigenvalue weighted by Gasteiger charge is 2.18. The highest BCUT2D eigenvalue weighted by molar-refractivity contribution is 7.81. The third kappa shape index (κ3) is 7.13. The lowest BCUT2D eigenvalue weighted by molar-refractivity contribution is 0.211. The lowest BCUT2D eigenvalue weighted by atomic mass is 10.1. The summed E-state index contributed by atoms with van der Waals surface area (Å²) in [6.07, 6.45) is 5.70. The Morgan fingerprint density at radius 2 is 2.16 bits per heavy atom. The van der Waals surface area contributed by atoms with Crippen LogP contribution in [0.3, 0.4) is 0 Å². The Morgan fingerprint density at radius 3 is 2.84 bits per heavy atom. The molecule has 1 aromatic heterocycles. The average molecular weight is 411 g/mol. The number of halogens is 1. The van der Waals surface area contributed by atoms with Gasteiger partial charge in [-0.15, -0.1) is 0 Å². The summed E-state index contributed by atoms with van der Waals surface area (Å²) in [4.78, 5) is 11.9. The van der Waals surface area contributed by atoms with Crippen molar-refractivity contribution < 1.29 is 25.5 Å². The maximum absolute atomic E-state index is 12.1. The van der Waals surface area contributed by atoms with Gasteiger partial charge in [0.15, 0.2) is 11.1 Å². The molecular weight excluding hydrogens is 396 g/mol. The van der Waals surface area contributed by atoms with E-state index in [2.05, 4.69) is 24.5 Å². The largest absolute Gasteiger partial charge is 0.397 e. The summed E-state index contributed by atoms with van der Waals surface area (Å²) < 4.78 is 50.4. The van der Waals surface area contributed by atoms with Gasteiger partial charge in [-0.05, 0) is 37.1 Å². The summed E-state index contributed by atoms with van der Waals surface area (Å²) in [5, 5.41) is 2.53. The molecule has 0 amide bonds. The molecule has 0 radical (unpaired) electrons. The third-order valence-corrected chi connectivity index (χ3v) is 4.63. The molecule has 10 nitrogen and oxygen atoms in total. The molecular formula is C12H15ClN4O6S2. The fourth-order valence-electron chi connectivity index (χ4n) is 1.85. The minimum absolute atomic E-state index is 0.0534. The van der Waals surface area contributed by atoms with Crippen molar-refractivity contribution in [1.29, 1.82) is 0 Å². The topological polar surface area (TPSA) is 141 Å². The summed E-state index contributed by atoms with van der Waals surface area (Å²) >= 11 is 4.04. The Morgan fingerprint density at radius 1 is 1.40 bits per heavy atom. The molecule has 138 valence electrons. The van der Waals surface area contributed by atoms with E-state index in [1.165, 1.54) is 0 Å². The fourth-order valence-corrected chi connectivity index (χ4v) is 3.26. The van der Waals surface area contributed by atoms with Crippen LogP contribution in [0.2, 0.25) is 5.28 Å². The van der Waals surface area contributed by atoms with E-state index in [1.54, 1.807) is 25.2 Å². The predicted octanol–water partition coefficient (Wildman–Crippen LogP) is 0.957. The minimum atomic E-state index is -4.54. The molecule has 1 aromatic rings. The predicted molar refractivity (Wildman–Crippen MR) is 90.4 cm³/mol. The molecule has 0 aliphatic heterocycles. The van der Waals surface area contributed by atoms with Crippen molar-refractivity contribution in [3.63, 3.8) is 0 Å². The molecule has 2 unspecified atom stereocenters. The zero-order valence-electron chi connectivity index (χ0n) is 13.0. The van der Waals surface area contributed by atoms with Gasteiger partial charge >= 0.3 is 10.4 Å². The molecule has 0 fully saturated rings. The van der Waals surface area contributed by atoms with Crippen LogP contribution in [0, 0.1) is 6.92 Å². The van der Waals surface area contributed by atoms with E-state index in [9.17, 15) is 12.6 Å².